The van der Waals surface area contributed by atoms with E-state index in [-0.39, 0.29) is 0 Å². The second-order valence-electron chi connectivity index (χ2n) is 6.94. The quantitative estimate of drug-likeness (QED) is 0.601. The summed E-state index contributed by atoms with van der Waals surface area (Å²) in [7, 11) is 0. The van der Waals surface area contributed by atoms with Crippen LogP contribution in [0.5, 0.6) is 0 Å². The second-order valence-corrected chi connectivity index (χ2v) is 6.94. The Labute approximate surface area is 160 Å². The van der Waals surface area contributed by atoms with Gasteiger partial charge in [-0.25, -0.2) is 4.79 Å². The zero-order valence-corrected chi connectivity index (χ0v) is 15.1. The molecule has 3 N–H and O–H groups in total. The Hall–Kier alpha value is -3.61. The van der Waals surface area contributed by atoms with E-state index < -0.39 is 17.5 Å². The second kappa shape index (κ2) is 6.53. The summed E-state index contributed by atoms with van der Waals surface area (Å²) in [6.45, 7) is 1.66. The normalized spacial score (nSPS) is 14.5. The van der Waals surface area contributed by atoms with Crippen molar-refractivity contribution in [1.29, 1.82) is 0 Å². The molecule has 0 aliphatic heterocycles. The van der Waals surface area contributed by atoms with E-state index in [4.69, 9.17) is 9.63 Å². The lowest BCUT2D eigenvalue weighted by atomic mass is 9.93. The van der Waals surface area contributed by atoms with Gasteiger partial charge in [0.1, 0.15) is 11.4 Å². The van der Waals surface area contributed by atoms with E-state index in [1.54, 1.807) is 6.92 Å². The third-order valence-corrected chi connectivity index (χ3v) is 5.17. The fourth-order valence-electron chi connectivity index (χ4n) is 3.37. The van der Waals surface area contributed by atoms with Crippen LogP contribution in [0.3, 0.4) is 0 Å². The first-order valence-electron chi connectivity index (χ1n) is 8.82. The molecule has 0 atom stereocenters. The van der Waals surface area contributed by atoms with Gasteiger partial charge in [-0.2, -0.15) is 0 Å². The van der Waals surface area contributed by atoms with Crippen molar-refractivity contribution in [3.63, 3.8) is 0 Å². The fourth-order valence-corrected chi connectivity index (χ4v) is 3.37. The number of aromatic nitrogens is 1. The number of nitrogens with zero attached hydrogens (tertiary/aromatic N) is 1. The number of carboxylic acid groups (broad SMARTS) is 2. The van der Waals surface area contributed by atoms with E-state index in [2.05, 4.69) is 10.5 Å². The minimum Gasteiger partial charge on any atom is -0.481 e. The zero-order chi connectivity index (χ0) is 19.9. The molecule has 0 bridgehead atoms. The summed E-state index contributed by atoms with van der Waals surface area (Å²) in [4.78, 5) is 22.4. The van der Waals surface area contributed by atoms with E-state index in [0.717, 1.165) is 16.7 Å². The van der Waals surface area contributed by atoms with E-state index in [1.165, 1.54) is 0 Å². The number of benzene rings is 2. The first-order valence-corrected chi connectivity index (χ1v) is 8.82. The highest BCUT2D eigenvalue weighted by atomic mass is 16.5. The van der Waals surface area contributed by atoms with Crippen LogP contribution < -0.4 is 5.32 Å². The minimum absolute atomic E-state index is 0.327. The van der Waals surface area contributed by atoms with Crippen molar-refractivity contribution >= 4 is 17.7 Å². The summed E-state index contributed by atoms with van der Waals surface area (Å²) < 4.78 is 5.28. The lowest BCUT2D eigenvalue weighted by Gasteiger charge is -2.11. The number of aryl methyl sites for hydroxylation is 1. The maximum absolute atomic E-state index is 11.5. The van der Waals surface area contributed by atoms with Gasteiger partial charge in [0.05, 0.1) is 5.41 Å². The summed E-state index contributed by atoms with van der Waals surface area (Å²) >= 11 is 0. The molecule has 1 fully saturated rings. The molecule has 7 heteroatoms. The third-order valence-electron chi connectivity index (χ3n) is 5.17. The number of hydrogen-bond acceptors (Lipinski definition) is 4. The average Bonchev–Trinajstić information content (AvgIpc) is 3.43. The largest absolute Gasteiger partial charge is 0.481 e. The number of amides is 1. The molecule has 142 valence electrons. The van der Waals surface area contributed by atoms with Crippen molar-refractivity contribution in [1.82, 2.24) is 5.16 Å². The Balaban J connectivity index is 1.59. The summed E-state index contributed by atoms with van der Waals surface area (Å²) in [5.41, 5.74) is 3.54. The summed E-state index contributed by atoms with van der Waals surface area (Å²) in [5.74, 6) is -0.406. The topological polar surface area (TPSA) is 113 Å². The molecule has 1 amide bonds. The molecule has 7 nitrogen and oxygen atoms in total. The van der Waals surface area contributed by atoms with Crippen molar-refractivity contribution in [2.24, 2.45) is 0 Å². The molecular formula is C21H18N2O5. The molecular weight excluding hydrogens is 360 g/mol. The van der Waals surface area contributed by atoms with Crippen LogP contribution in [-0.4, -0.2) is 27.4 Å². The third kappa shape index (κ3) is 3.00. The SMILES string of the molecule is Cc1noc(-c2ccc(-c3ccc(C4(C(=O)O)CC4)cc3)cc2)c1NC(=O)O. The van der Waals surface area contributed by atoms with Gasteiger partial charge < -0.3 is 14.7 Å². The summed E-state index contributed by atoms with van der Waals surface area (Å²) in [6.07, 6.45) is 0.179. The Kier molecular flexibility index (Phi) is 4.15. The highest BCUT2D eigenvalue weighted by Crippen LogP contribution is 2.48. The molecule has 1 saturated carbocycles. The number of carbonyl (C=O) groups is 2. The van der Waals surface area contributed by atoms with Gasteiger partial charge in [-0.1, -0.05) is 53.7 Å². The van der Waals surface area contributed by atoms with Crippen LogP contribution in [-0.2, 0) is 10.2 Å². The van der Waals surface area contributed by atoms with Gasteiger partial charge in [0.2, 0.25) is 0 Å². The van der Waals surface area contributed by atoms with Crippen LogP contribution in [0.2, 0.25) is 0 Å². The first-order chi connectivity index (χ1) is 13.4. The molecule has 28 heavy (non-hydrogen) atoms. The molecule has 0 spiro atoms. The molecule has 1 aliphatic rings. The fraction of sp³-hybridized carbons (Fsp3) is 0.190. The number of rotatable bonds is 5. The monoisotopic (exact) mass is 378 g/mol. The van der Waals surface area contributed by atoms with Crippen LogP contribution in [0, 0.1) is 6.92 Å². The lowest BCUT2D eigenvalue weighted by molar-refractivity contribution is -0.140. The number of anilines is 1. The summed E-state index contributed by atoms with van der Waals surface area (Å²) in [5, 5.41) is 24.5. The van der Waals surface area contributed by atoms with Crippen molar-refractivity contribution in [2.45, 2.75) is 25.2 Å². The zero-order valence-electron chi connectivity index (χ0n) is 15.1. The molecule has 3 aromatic rings. The molecule has 0 radical (unpaired) electrons. The van der Waals surface area contributed by atoms with E-state index in [9.17, 15) is 14.7 Å². The summed E-state index contributed by atoms with van der Waals surface area (Å²) in [6, 6.07) is 15.0. The number of hydrogen-bond donors (Lipinski definition) is 3. The molecule has 0 saturated heterocycles. The van der Waals surface area contributed by atoms with Gasteiger partial charge in [-0.3, -0.25) is 10.1 Å². The van der Waals surface area contributed by atoms with Gasteiger partial charge >= 0.3 is 12.1 Å². The van der Waals surface area contributed by atoms with Crippen molar-refractivity contribution in [2.75, 3.05) is 5.32 Å². The van der Waals surface area contributed by atoms with Gasteiger partial charge in [0.15, 0.2) is 5.76 Å². The smallest absolute Gasteiger partial charge is 0.409 e. The highest BCUT2D eigenvalue weighted by Gasteiger charge is 2.51. The number of aliphatic carboxylic acids is 1. The maximum Gasteiger partial charge on any atom is 0.409 e. The van der Waals surface area contributed by atoms with Gasteiger partial charge in [0, 0.05) is 5.56 Å². The molecule has 1 aliphatic carbocycles. The van der Waals surface area contributed by atoms with Crippen LogP contribution in [0.1, 0.15) is 24.1 Å². The molecule has 0 unspecified atom stereocenters. The molecule has 1 heterocycles. The Morgan fingerprint density at radius 1 is 0.964 bits per heavy atom. The Morgan fingerprint density at radius 2 is 1.50 bits per heavy atom. The highest BCUT2D eigenvalue weighted by molar-refractivity contribution is 5.90. The van der Waals surface area contributed by atoms with E-state index in [0.29, 0.717) is 35.5 Å². The van der Waals surface area contributed by atoms with E-state index in [1.807, 2.05) is 48.5 Å². The lowest BCUT2D eigenvalue weighted by Crippen LogP contribution is -2.19. The standard InChI is InChI=1S/C21H18N2O5/c1-12-17(22-20(26)27)18(28-23-12)15-4-2-13(3-5-15)14-6-8-16(9-7-14)21(10-11-21)19(24)25/h2-9,22H,10-11H2,1H3,(H,24,25)(H,26,27). The number of carboxylic acids is 1. The minimum atomic E-state index is -1.18. The Bertz CT molecular complexity index is 1050. The van der Waals surface area contributed by atoms with Gasteiger partial charge in [-0.15, -0.1) is 0 Å². The van der Waals surface area contributed by atoms with Crippen LogP contribution in [0.15, 0.2) is 53.1 Å². The van der Waals surface area contributed by atoms with Crippen molar-refractivity contribution in [3.05, 3.63) is 59.8 Å². The molecule has 2 aromatic carbocycles. The van der Waals surface area contributed by atoms with E-state index >= 15 is 0 Å². The molecule has 1 aromatic heterocycles. The van der Waals surface area contributed by atoms with Gasteiger partial charge in [0.25, 0.3) is 0 Å². The maximum atomic E-state index is 11.5. The molecule has 4 rings (SSSR count). The Morgan fingerprint density at radius 3 is 2.00 bits per heavy atom. The van der Waals surface area contributed by atoms with Crippen LogP contribution in [0.4, 0.5) is 10.5 Å². The average molecular weight is 378 g/mol. The van der Waals surface area contributed by atoms with Crippen LogP contribution >= 0.6 is 0 Å². The van der Waals surface area contributed by atoms with Crippen LogP contribution in [0.25, 0.3) is 22.5 Å². The van der Waals surface area contributed by atoms with Crippen molar-refractivity contribution < 1.29 is 24.3 Å². The van der Waals surface area contributed by atoms with Crippen molar-refractivity contribution in [3.8, 4) is 22.5 Å². The predicted octanol–water partition coefficient (Wildman–Crippen LogP) is 4.52. The first kappa shape index (κ1) is 17.8. The number of nitrogens with one attached hydrogen (secondary N) is 1. The van der Waals surface area contributed by atoms with Gasteiger partial charge in [-0.05, 0) is 36.5 Å². The predicted molar refractivity (Wildman–Crippen MR) is 102 cm³/mol.